The van der Waals surface area contributed by atoms with E-state index in [1.807, 2.05) is 13.8 Å². The molecule has 2 N–H and O–H groups in total. The summed E-state index contributed by atoms with van der Waals surface area (Å²) in [5.41, 5.74) is 0. The van der Waals surface area contributed by atoms with Gasteiger partial charge in [0.15, 0.2) is 0 Å². The van der Waals surface area contributed by atoms with Gasteiger partial charge < -0.3 is 5.11 Å². The summed E-state index contributed by atoms with van der Waals surface area (Å²) in [5, 5.41) is 10.2. The van der Waals surface area contributed by atoms with Crippen LogP contribution in [0.3, 0.4) is 0 Å². The summed E-state index contributed by atoms with van der Waals surface area (Å²) in [4.78, 5) is 0. The second kappa shape index (κ2) is 20.5. The van der Waals surface area contributed by atoms with Crippen molar-refractivity contribution in [1.29, 1.82) is 0 Å². The van der Waals surface area contributed by atoms with Crippen molar-refractivity contribution in [2.75, 3.05) is 13.8 Å². The molecule has 2 nitrogen and oxygen atoms in total. The maximum Gasteiger partial charge on any atom is 0.0929 e. The third kappa shape index (κ3) is 39.5. The summed E-state index contributed by atoms with van der Waals surface area (Å²) >= 11 is 0. The summed E-state index contributed by atoms with van der Waals surface area (Å²) in [7, 11) is 1.68. The SMILES string of the molecule is CC.CNCO. The molecule has 6 heavy (non-hydrogen) atoms. The van der Waals surface area contributed by atoms with Gasteiger partial charge in [-0.1, -0.05) is 13.8 Å². The zero-order chi connectivity index (χ0) is 5.41. The Kier molecular flexibility index (Phi) is 31.9. The van der Waals surface area contributed by atoms with Gasteiger partial charge in [-0.2, -0.15) is 0 Å². The molecule has 0 saturated heterocycles. The van der Waals surface area contributed by atoms with Gasteiger partial charge in [0, 0.05) is 0 Å². The van der Waals surface area contributed by atoms with Gasteiger partial charge in [-0.05, 0) is 7.05 Å². The Morgan fingerprint density at radius 1 is 1.50 bits per heavy atom. The molecule has 0 unspecified atom stereocenters. The fourth-order valence-electron chi connectivity index (χ4n) is 0. The van der Waals surface area contributed by atoms with Crippen molar-refractivity contribution in [3.8, 4) is 0 Å². The summed E-state index contributed by atoms with van der Waals surface area (Å²) in [6.07, 6.45) is 0. The topological polar surface area (TPSA) is 32.3 Å². The smallest absolute Gasteiger partial charge is 0.0929 e. The molecule has 0 amide bonds. The van der Waals surface area contributed by atoms with Crippen molar-refractivity contribution in [1.82, 2.24) is 5.32 Å². The molecule has 0 rings (SSSR count). The summed E-state index contributed by atoms with van der Waals surface area (Å²) < 4.78 is 0. The Balaban J connectivity index is 0. The largest absolute Gasteiger partial charge is 0.381 e. The molecule has 0 spiro atoms. The van der Waals surface area contributed by atoms with Gasteiger partial charge >= 0.3 is 0 Å². The van der Waals surface area contributed by atoms with Crippen LogP contribution >= 0.6 is 0 Å². The molecule has 0 bridgehead atoms. The molecule has 0 aliphatic carbocycles. The number of hydrogen-bond acceptors (Lipinski definition) is 2. The molecule has 0 aliphatic rings. The third-order valence-corrected chi connectivity index (χ3v) is 0.158. The van der Waals surface area contributed by atoms with Crippen LogP contribution in [-0.4, -0.2) is 18.9 Å². The fourth-order valence-corrected chi connectivity index (χ4v) is 0. The molecule has 0 aromatic rings. The van der Waals surface area contributed by atoms with E-state index in [0.717, 1.165) is 0 Å². The van der Waals surface area contributed by atoms with Crippen molar-refractivity contribution < 1.29 is 5.11 Å². The first-order valence-corrected chi connectivity index (χ1v) is 2.17. The number of hydrogen-bond donors (Lipinski definition) is 2. The van der Waals surface area contributed by atoms with Gasteiger partial charge in [0.25, 0.3) is 0 Å². The molecule has 0 saturated carbocycles. The molecule has 0 aromatic heterocycles. The highest BCUT2D eigenvalue weighted by atomic mass is 16.3. The lowest BCUT2D eigenvalue weighted by Crippen LogP contribution is -2.04. The van der Waals surface area contributed by atoms with E-state index in [1.165, 1.54) is 0 Å². The van der Waals surface area contributed by atoms with Gasteiger partial charge in [-0.3, -0.25) is 5.32 Å². The summed E-state index contributed by atoms with van der Waals surface area (Å²) in [6.45, 7) is 4.07. The van der Waals surface area contributed by atoms with E-state index in [9.17, 15) is 0 Å². The zero-order valence-corrected chi connectivity index (χ0v) is 4.65. The van der Waals surface area contributed by atoms with Crippen LogP contribution < -0.4 is 5.32 Å². The Morgan fingerprint density at radius 2 is 1.67 bits per heavy atom. The number of nitrogens with one attached hydrogen (secondary N) is 1. The lowest BCUT2D eigenvalue weighted by molar-refractivity contribution is 0.273. The predicted molar refractivity (Wildman–Crippen MR) is 27.5 cm³/mol. The first kappa shape index (κ1) is 9.33. The lowest BCUT2D eigenvalue weighted by atomic mass is 11.0. The number of aliphatic hydroxyl groups is 1. The Bertz CT molecular complexity index is 9.51. The molecule has 2 heteroatoms. The molecule has 0 aromatic carbocycles. The van der Waals surface area contributed by atoms with Crippen LogP contribution in [0.4, 0.5) is 0 Å². The first-order valence-electron chi connectivity index (χ1n) is 2.17. The Hall–Kier alpha value is -0.0800. The van der Waals surface area contributed by atoms with Gasteiger partial charge in [-0.15, -0.1) is 0 Å². The summed E-state index contributed by atoms with van der Waals surface area (Å²) in [5.74, 6) is 0. The second-order valence-corrected chi connectivity index (χ2v) is 0.512. The maximum atomic E-state index is 7.76. The minimum absolute atomic E-state index is 0.0694. The normalized spacial score (nSPS) is 6.00. The van der Waals surface area contributed by atoms with Gasteiger partial charge in [0.2, 0.25) is 0 Å². The van der Waals surface area contributed by atoms with Crippen molar-refractivity contribution >= 4 is 0 Å². The van der Waals surface area contributed by atoms with Crippen LogP contribution in [0.15, 0.2) is 0 Å². The minimum Gasteiger partial charge on any atom is -0.381 e. The van der Waals surface area contributed by atoms with Crippen molar-refractivity contribution in [3.63, 3.8) is 0 Å². The van der Waals surface area contributed by atoms with Crippen LogP contribution in [0.1, 0.15) is 13.8 Å². The average molecular weight is 91.2 g/mol. The molecular weight excluding hydrogens is 78.0 g/mol. The van der Waals surface area contributed by atoms with E-state index in [-0.39, 0.29) is 6.73 Å². The second-order valence-electron chi connectivity index (χ2n) is 0.512. The van der Waals surface area contributed by atoms with Gasteiger partial charge in [0.05, 0.1) is 6.73 Å². The van der Waals surface area contributed by atoms with E-state index in [0.29, 0.717) is 0 Å². The molecular formula is C4H13NO. The van der Waals surface area contributed by atoms with Crippen molar-refractivity contribution in [2.24, 2.45) is 0 Å². The van der Waals surface area contributed by atoms with E-state index >= 15 is 0 Å². The first-order chi connectivity index (χ1) is 2.91. The van der Waals surface area contributed by atoms with Crippen LogP contribution in [-0.2, 0) is 0 Å². The summed E-state index contributed by atoms with van der Waals surface area (Å²) in [6, 6.07) is 0. The van der Waals surface area contributed by atoms with Crippen LogP contribution in [0.5, 0.6) is 0 Å². The van der Waals surface area contributed by atoms with E-state index < -0.39 is 0 Å². The Labute approximate surface area is 39.2 Å². The van der Waals surface area contributed by atoms with Gasteiger partial charge in [0.1, 0.15) is 0 Å². The number of aliphatic hydroxyl groups excluding tert-OH is 1. The molecule has 0 aliphatic heterocycles. The quantitative estimate of drug-likeness (QED) is 0.451. The van der Waals surface area contributed by atoms with Crippen molar-refractivity contribution in [3.05, 3.63) is 0 Å². The van der Waals surface area contributed by atoms with E-state index in [1.54, 1.807) is 7.05 Å². The molecule has 0 heterocycles. The molecule has 0 fully saturated rings. The highest BCUT2D eigenvalue weighted by Crippen LogP contribution is 1.24. The van der Waals surface area contributed by atoms with Crippen LogP contribution in [0.2, 0.25) is 0 Å². The molecule has 0 radical (unpaired) electrons. The fraction of sp³-hybridized carbons (Fsp3) is 1.00. The highest BCUT2D eigenvalue weighted by Gasteiger charge is 1.50. The van der Waals surface area contributed by atoms with Crippen LogP contribution in [0.25, 0.3) is 0 Å². The highest BCUT2D eigenvalue weighted by molar-refractivity contribution is 4.02. The standard InChI is InChI=1S/C2H7NO.C2H6/c1-3-2-4;1-2/h3-4H,2H2,1H3;1-2H3. The molecule has 40 valence electrons. The molecule has 0 atom stereocenters. The zero-order valence-electron chi connectivity index (χ0n) is 4.65. The van der Waals surface area contributed by atoms with Crippen LogP contribution in [0, 0.1) is 0 Å². The predicted octanol–water partition coefficient (Wildman–Crippen LogP) is 0.182. The van der Waals surface area contributed by atoms with E-state index in [4.69, 9.17) is 5.11 Å². The third-order valence-electron chi connectivity index (χ3n) is 0.158. The monoisotopic (exact) mass is 91.1 g/mol. The van der Waals surface area contributed by atoms with E-state index in [2.05, 4.69) is 5.32 Å². The Morgan fingerprint density at radius 3 is 1.67 bits per heavy atom. The van der Waals surface area contributed by atoms with Gasteiger partial charge in [-0.25, -0.2) is 0 Å². The number of rotatable bonds is 1. The lowest BCUT2D eigenvalue weighted by Gasteiger charge is -1.76. The average Bonchev–Trinajstić information content (AvgIpc) is 1.72. The van der Waals surface area contributed by atoms with Crippen molar-refractivity contribution in [2.45, 2.75) is 13.8 Å². The minimum atomic E-state index is 0.0694. The maximum absolute atomic E-state index is 7.76.